The van der Waals surface area contributed by atoms with Crippen molar-refractivity contribution in [3.63, 3.8) is 0 Å². The van der Waals surface area contributed by atoms with Crippen LogP contribution in [-0.4, -0.2) is 80.0 Å². The van der Waals surface area contributed by atoms with Gasteiger partial charge in [0.15, 0.2) is 0 Å². The molecule has 7 atom stereocenters. The van der Waals surface area contributed by atoms with Crippen molar-refractivity contribution in [2.24, 2.45) is 11.8 Å². The Morgan fingerprint density at radius 1 is 0.701 bits per heavy atom. The maximum atomic E-state index is 14.5. The number of imidazole rings is 2. The number of likely N-dealkylation sites (tertiary alicyclic amines) is 1. The van der Waals surface area contributed by atoms with Gasteiger partial charge in [0, 0.05) is 22.9 Å². The van der Waals surface area contributed by atoms with Crippen molar-refractivity contribution < 1.29 is 28.7 Å². The zero-order valence-corrected chi connectivity index (χ0v) is 37.4. The molecule has 3 fully saturated rings. The summed E-state index contributed by atoms with van der Waals surface area (Å²) in [5, 5.41) is 9.63. The average Bonchev–Trinajstić information content (AvgIpc) is 4.21. The van der Waals surface area contributed by atoms with Gasteiger partial charge in [-0.15, -0.1) is 0 Å². The van der Waals surface area contributed by atoms with Crippen molar-refractivity contribution >= 4 is 67.6 Å². The van der Waals surface area contributed by atoms with Crippen LogP contribution < -0.4 is 10.6 Å². The Hall–Kier alpha value is -7.74. The summed E-state index contributed by atoms with van der Waals surface area (Å²) in [4.78, 5) is 74.7. The van der Waals surface area contributed by atoms with Crippen molar-refractivity contribution in [2.45, 2.75) is 69.4 Å². The number of ether oxygens (including phenoxy) is 2. The summed E-state index contributed by atoms with van der Waals surface area (Å²) in [5.41, 5.74) is 6.93. The first-order valence-corrected chi connectivity index (χ1v) is 22.9. The van der Waals surface area contributed by atoms with Crippen molar-refractivity contribution in [2.75, 3.05) is 14.2 Å². The molecule has 67 heavy (non-hydrogen) atoms. The number of nitrogens with one attached hydrogen (secondary N) is 4. The van der Waals surface area contributed by atoms with Crippen LogP contribution in [0.5, 0.6) is 0 Å². The Balaban J connectivity index is 0.861. The third-order valence-electron chi connectivity index (χ3n) is 14.0. The van der Waals surface area contributed by atoms with E-state index in [1.165, 1.54) is 14.2 Å². The Kier molecular flexibility index (Phi) is 10.6. The first-order valence-electron chi connectivity index (χ1n) is 22.9. The van der Waals surface area contributed by atoms with E-state index in [0.717, 1.165) is 86.2 Å². The van der Waals surface area contributed by atoms with Crippen LogP contribution >= 0.6 is 0 Å². The van der Waals surface area contributed by atoms with Crippen molar-refractivity contribution in [3.05, 3.63) is 144 Å². The lowest BCUT2D eigenvalue weighted by Gasteiger charge is -2.37. The van der Waals surface area contributed by atoms with Gasteiger partial charge in [0.2, 0.25) is 0 Å². The fraction of sp³-hybridized carbons (Fsp3) is 0.283. The van der Waals surface area contributed by atoms with Gasteiger partial charge in [0.1, 0.15) is 23.7 Å². The Labute approximate surface area is 386 Å². The predicted octanol–water partition coefficient (Wildman–Crippen LogP) is 9.40. The second kappa shape index (κ2) is 16.9. The number of H-pyrrole nitrogens is 2. The molecule has 2 aromatic heterocycles. The van der Waals surface area contributed by atoms with E-state index in [-0.39, 0.29) is 36.5 Å². The number of benzene rings is 6. The lowest BCUT2D eigenvalue weighted by atomic mass is 9.98. The van der Waals surface area contributed by atoms with Crippen LogP contribution in [0, 0.1) is 11.8 Å². The molecule has 4 amide bonds. The molecule has 0 spiro atoms. The highest BCUT2D eigenvalue weighted by atomic mass is 16.5. The summed E-state index contributed by atoms with van der Waals surface area (Å²) in [6.07, 6.45) is 2.25. The number of aromatic nitrogens is 4. The summed E-state index contributed by atoms with van der Waals surface area (Å²) in [7, 11) is 2.59. The van der Waals surface area contributed by atoms with Crippen molar-refractivity contribution in [3.8, 4) is 11.1 Å². The third-order valence-corrected chi connectivity index (χ3v) is 14.0. The minimum atomic E-state index is -0.907. The first kappa shape index (κ1) is 41.9. The quantitative estimate of drug-likeness (QED) is 0.0994. The minimum absolute atomic E-state index is 0.0265. The van der Waals surface area contributed by atoms with E-state index in [1.807, 2.05) is 76.5 Å². The highest BCUT2D eigenvalue weighted by Crippen LogP contribution is 2.51. The van der Waals surface area contributed by atoms with E-state index in [0.29, 0.717) is 28.8 Å². The van der Waals surface area contributed by atoms with Crippen LogP contribution in [0.15, 0.2) is 121 Å². The monoisotopic (exact) mass is 894 g/mol. The number of rotatable bonds is 11. The van der Waals surface area contributed by atoms with E-state index in [4.69, 9.17) is 19.4 Å². The van der Waals surface area contributed by atoms with Crippen LogP contribution in [0.1, 0.15) is 73.5 Å². The number of hydrogen-bond donors (Lipinski definition) is 4. The maximum absolute atomic E-state index is 14.5. The Morgan fingerprint density at radius 3 is 1.87 bits per heavy atom. The van der Waals surface area contributed by atoms with Gasteiger partial charge < -0.3 is 39.9 Å². The molecule has 2 saturated carbocycles. The van der Waals surface area contributed by atoms with E-state index in [2.05, 4.69) is 82.1 Å². The Morgan fingerprint density at radius 2 is 1.27 bits per heavy atom. The summed E-state index contributed by atoms with van der Waals surface area (Å²) >= 11 is 0. The number of hydrogen-bond acceptors (Lipinski definition) is 8. The van der Waals surface area contributed by atoms with Crippen LogP contribution in [-0.2, 0) is 25.6 Å². The standard InChI is InChI=1S/C53H50N8O6/c1-29-24-42(29)60(50(62)45(58-52(64)66-2)30-10-6-4-7-11-30)28-44-54-39-21-16-34-25-32(14-19-37(34)47(39)56-44)33-15-20-38-35(26-33)17-22-40-48(38)57-49(55-40)41-23-18-36-27-43(36)61(41)51(63)46(59-53(65)67-3)31-12-8-5-9-13-31/h4-17,19-22,25-26,29,36,41-43,45-46H,18,23-24,27-28H2,1-3H3,(H,54,56)(H,55,57)(H,58,64)(H,59,65)/t29?,36-,41-,42?,43?,45+,46+/m0/s1. The van der Waals surface area contributed by atoms with Crippen LogP contribution in [0.2, 0.25) is 0 Å². The van der Waals surface area contributed by atoms with Gasteiger partial charge in [-0.1, -0.05) is 104 Å². The molecule has 8 aromatic rings. The average molecular weight is 895 g/mol. The van der Waals surface area contributed by atoms with Gasteiger partial charge in [0.25, 0.3) is 11.8 Å². The number of methoxy groups -OCH3 is 2. The van der Waals surface area contributed by atoms with Gasteiger partial charge in [-0.3, -0.25) is 9.59 Å². The lowest BCUT2D eigenvalue weighted by molar-refractivity contribution is -0.138. The predicted molar refractivity (Wildman–Crippen MR) is 254 cm³/mol. The second-order valence-electron chi connectivity index (χ2n) is 18.2. The summed E-state index contributed by atoms with van der Waals surface area (Å²) in [6.45, 7) is 2.38. The first-order chi connectivity index (χ1) is 32.6. The molecule has 1 saturated heterocycles. The van der Waals surface area contributed by atoms with Gasteiger partial charge in [0.05, 0.1) is 48.9 Å². The zero-order chi connectivity index (χ0) is 45.9. The van der Waals surface area contributed by atoms with E-state index in [9.17, 15) is 19.2 Å². The molecule has 14 nitrogen and oxygen atoms in total. The van der Waals surface area contributed by atoms with Crippen molar-refractivity contribution in [1.82, 2.24) is 40.4 Å². The van der Waals surface area contributed by atoms with E-state index >= 15 is 0 Å². The molecule has 3 heterocycles. The molecule has 0 bridgehead atoms. The van der Waals surface area contributed by atoms with E-state index < -0.39 is 24.3 Å². The van der Waals surface area contributed by atoms with E-state index in [1.54, 1.807) is 0 Å². The van der Waals surface area contributed by atoms with Gasteiger partial charge in [-0.05, 0) is 94.8 Å². The Bertz CT molecular complexity index is 3220. The maximum Gasteiger partial charge on any atom is 0.407 e. The summed E-state index contributed by atoms with van der Waals surface area (Å²) < 4.78 is 9.82. The largest absolute Gasteiger partial charge is 0.453 e. The third kappa shape index (κ3) is 7.85. The zero-order valence-electron chi connectivity index (χ0n) is 37.4. The van der Waals surface area contributed by atoms with Gasteiger partial charge >= 0.3 is 12.2 Å². The minimum Gasteiger partial charge on any atom is -0.453 e. The lowest BCUT2D eigenvalue weighted by Crippen LogP contribution is -2.47. The van der Waals surface area contributed by atoms with Crippen LogP contribution in [0.3, 0.4) is 0 Å². The highest BCUT2D eigenvalue weighted by molar-refractivity contribution is 6.07. The molecule has 338 valence electrons. The molecular weight excluding hydrogens is 845 g/mol. The summed E-state index contributed by atoms with van der Waals surface area (Å²) in [5.74, 6) is 1.79. The molecule has 6 aromatic carbocycles. The molecule has 0 radical (unpaired) electrons. The molecule has 14 heteroatoms. The molecule has 1 aliphatic heterocycles. The van der Waals surface area contributed by atoms with Gasteiger partial charge in [-0.2, -0.15) is 0 Å². The number of aromatic amines is 2. The fourth-order valence-electron chi connectivity index (χ4n) is 10.3. The highest BCUT2D eigenvalue weighted by Gasteiger charge is 2.52. The van der Waals surface area contributed by atoms with Crippen LogP contribution in [0.25, 0.3) is 54.7 Å². The number of alkyl carbamates (subject to hydrolysis) is 2. The van der Waals surface area contributed by atoms with Crippen molar-refractivity contribution in [1.29, 1.82) is 0 Å². The topological polar surface area (TPSA) is 175 Å². The second-order valence-corrected chi connectivity index (χ2v) is 18.2. The number of amides is 4. The number of carbonyl (C=O) groups excluding carboxylic acids is 4. The number of nitrogens with zero attached hydrogens (tertiary/aromatic N) is 4. The SMILES string of the molecule is COC(=O)N[C@@H](C(=O)N(Cc1nc2c(ccc3cc(-c4ccc5c(ccc6[nH]c([C@@H]7CC[C@H]8CC8N7C(=O)[C@H](NC(=O)OC)c7ccccc7)nc65)c4)ccc32)[nH]1)C1CC1C)c1ccccc1. The molecule has 3 unspecified atom stereocenters. The number of carbonyl (C=O) groups is 4. The molecule has 3 aliphatic rings. The van der Waals surface area contributed by atoms with Gasteiger partial charge in [-0.25, -0.2) is 19.6 Å². The number of piperidine rings is 1. The molecular formula is C53H50N8O6. The van der Waals surface area contributed by atoms with Crippen LogP contribution in [0.4, 0.5) is 9.59 Å². The normalized spacial score (nSPS) is 20.5. The summed E-state index contributed by atoms with van der Waals surface area (Å²) in [6, 6.07) is 37.7. The molecule has 4 N–H and O–H groups in total. The molecule has 2 aliphatic carbocycles. The number of fused-ring (bicyclic) bond motifs is 7. The fourth-order valence-corrected chi connectivity index (χ4v) is 10.3. The molecule has 11 rings (SSSR count). The smallest absolute Gasteiger partial charge is 0.407 e.